The molecule has 0 unspecified atom stereocenters. The van der Waals surface area contributed by atoms with E-state index in [4.69, 9.17) is 20.3 Å². The van der Waals surface area contributed by atoms with Gasteiger partial charge in [0.1, 0.15) is 0 Å². The molecule has 9 heteroatoms. The molecule has 0 spiro atoms. The van der Waals surface area contributed by atoms with Crippen molar-refractivity contribution in [2.45, 2.75) is 0 Å². The standard InChI is InChI=1S/C6H6Br4ClO3P/c7-1-5(9)3-13-15(11,12)14-4-6(10)2-8/h1-2H,3-4H2. The first kappa shape index (κ1) is 16.8. The van der Waals surface area contributed by atoms with E-state index >= 15 is 0 Å². The van der Waals surface area contributed by atoms with Gasteiger partial charge in [0, 0.05) is 20.2 Å². The highest BCUT2D eigenvalue weighted by Crippen LogP contribution is 2.54. The third-order valence-electron chi connectivity index (χ3n) is 0.950. The molecule has 0 aliphatic heterocycles. The first-order valence-corrected chi connectivity index (χ1v) is 9.26. The van der Waals surface area contributed by atoms with Gasteiger partial charge in [0.15, 0.2) is 0 Å². The molecule has 0 radical (unpaired) electrons. The molecule has 0 N–H and O–H groups in total. The molecule has 0 saturated heterocycles. The third kappa shape index (κ3) is 9.53. The maximum absolute atomic E-state index is 11.4. The molecule has 0 aromatic heterocycles. The summed E-state index contributed by atoms with van der Waals surface area (Å²) in [6, 6.07) is 0. The number of halogens is 5. The summed E-state index contributed by atoms with van der Waals surface area (Å²) in [6.07, 6.45) is 0. The highest BCUT2D eigenvalue weighted by molar-refractivity contribution is 9.14. The summed E-state index contributed by atoms with van der Waals surface area (Å²) in [5.41, 5.74) is 0. The molecule has 0 fully saturated rings. The van der Waals surface area contributed by atoms with E-state index in [2.05, 4.69) is 63.7 Å². The van der Waals surface area contributed by atoms with Crippen LogP contribution in [0.2, 0.25) is 0 Å². The van der Waals surface area contributed by atoms with Gasteiger partial charge in [0.25, 0.3) is 0 Å². The van der Waals surface area contributed by atoms with Crippen molar-refractivity contribution in [1.82, 2.24) is 0 Å². The SMILES string of the molecule is O=P(Cl)(OCC(Br)=CBr)OCC(Br)=CBr. The molecule has 0 heterocycles. The molecule has 0 rings (SSSR count). The van der Waals surface area contributed by atoms with E-state index in [0.29, 0.717) is 8.96 Å². The lowest BCUT2D eigenvalue weighted by atomic mass is 10.7. The molecule has 0 aliphatic carbocycles. The summed E-state index contributed by atoms with van der Waals surface area (Å²) >= 11 is 18.0. The fourth-order valence-corrected chi connectivity index (χ4v) is 2.18. The molecule has 0 aromatic carbocycles. The summed E-state index contributed by atoms with van der Waals surface area (Å²) in [5.74, 6) is 0. The van der Waals surface area contributed by atoms with E-state index in [1.54, 1.807) is 9.97 Å². The van der Waals surface area contributed by atoms with Gasteiger partial charge in [-0.05, 0) is 9.97 Å². The Morgan fingerprint density at radius 2 is 1.47 bits per heavy atom. The van der Waals surface area contributed by atoms with Crippen LogP contribution >= 0.6 is 81.9 Å². The Morgan fingerprint density at radius 3 is 1.73 bits per heavy atom. The van der Waals surface area contributed by atoms with Crippen molar-refractivity contribution in [1.29, 1.82) is 0 Å². The molecule has 0 amide bonds. The van der Waals surface area contributed by atoms with E-state index in [9.17, 15) is 4.57 Å². The fraction of sp³-hybridized carbons (Fsp3) is 0.333. The lowest BCUT2D eigenvalue weighted by Crippen LogP contribution is -1.94. The van der Waals surface area contributed by atoms with Crippen molar-refractivity contribution in [2.24, 2.45) is 0 Å². The highest BCUT2D eigenvalue weighted by Gasteiger charge is 2.21. The Bertz CT molecular complexity index is 281. The van der Waals surface area contributed by atoms with Crippen molar-refractivity contribution in [3.63, 3.8) is 0 Å². The summed E-state index contributed by atoms with van der Waals surface area (Å²) in [6.45, 7) is -3.40. The zero-order chi connectivity index (χ0) is 11.9. The molecule has 3 nitrogen and oxygen atoms in total. The zero-order valence-electron chi connectivity index (χ0n) is 7.13. The minimum absolute atomic E-state index is 0.0711. The van der Waals surface area contributed by atoms with Crippen LogP contribution in [0.3, 0.4) is 0 Å². The first-order chi connectivity index (χ1) is 6.91. The number of hydrogen-bond donors (Lipinski definition) is 0. The van der Waals surface area contributed by atoms with Gasteiger partial charge in [-0.2, -0.15) is 0 Å². The number of rotatable bonds is 6. The fourth-order valence-electron chi connectivity index (χ4n) is 0.378. The zero-order valence-corrected chi connectivity index (χ0v) is 15.1. The molecule has 88 valence electrons. The second kappa shape index (κ2) is 8.86. The molecule has 15 heavy (non-hydrogen) atoms. The summed E-state index contributed by atoms with van der Waals surface area (Å²) < 4.78 is 22.5. The van der Waals surface area contributed by atoms with Crippen LogP contribution in [0.4, 0.5) is 0 Å². The van der Waals surface area contributed by atoms with Crippen LogP contribution in [0, 0.1) is 0 Å². The van der Waals surface area contributed by atoms with Crippen LogP contribution in [0.1, 0.15) is 0 Å². The monoisotopic (exact) mass is 508 g/mol. The number of hydrogen-bond acceptors (Lipinski definition) is 3. The van der Waals surface area contributed by atoms with Crippen molar-refractivity contribution in [3.05, 3.63) is 18.9 Å². The highest BCUT2D eigenvalue weighted by atomic mass is 79.9. The average molecular weight is 512 g/mol. The molecule has 0 atom stereocenters. The molecule has 0 aliphatic rings. The van der Waals surface area contributed by atoms with Crippen molar-refractivity contribution in [3.8, 4) is 0 Å². The van der Waals surface area contributed by atoms with Gasteiger partial charge < -0.3 is 0 Å². The van der Waals surface area contributed by atoms with E-state index < -0.39 is 6.95 Å². The Morgan fingerprint density at radius 1 is 1.13 bits per heavy atom. The predicted octanol–water partition coefficient (Wildman–Crippen LogP) is 5.63. The second-order valence-corrected chi connectivity index (χ2v) is 7.66. The predicted molar refractivity (Wildman–Crippen MR) is 77.2 cm³/mol. The van der Waals surface area contributed by atoms with E-state index in [0.717, 1.165) is 0 Å². The van der Waals surface area contributed by atoms with Crippen LogP contribution in [0.5, 0.6) is 0 Å². The van der Waals surface area contributed by atoms with Gasteiger partial charge in [-0.15, -0.1) is 0 Å². The van der Waals surface area contributed by atoms with Crippen LogP contribution in [-0.2, 0) is 13.6 Å². The normalized spacial score (nSPS) is 17.7. The molecular weight excluding hydrogens is 506 g/mol. The third-order valence-corrected chi connectivity index (χ3v) is 5.66. The van der Waals surface area contributed by atoms with Crippen LogP contribution in [0.15, 0.2) is 18.9 Å². The topological polar surface area (TPSA) is 35.5 Å². The maximum atomic E-state index is 11.4. The second-order valence-electron chi connectivity index (χ2n) is 2.09. The molecule has 0 saturated carbocycles. The van der Waals surface area contributed by atoms with Crippen molar-refractivity contribution >= 4 is 81.9 Å². The summed E-state index contributed by atoms with van der Waals surface area (Å²) in [7, 11) is 0. The molecule has 0 bridgehead atoms. The van der Waals surface area contributed by atoms with Crippen LogP contribution in [0.25, 0.3) is 0 Å². The summed E-state index contributed by atoms with van der Waals surface area (Å²) in [4.78, 5) is 3.16. The smallest absolute Gasteiger partial charge is 0.292 e. The van der Waals surface area contributed by atoms with Gasteiger partial charge in [-0.1, -0.05) is 63.7 Å². The van der Waals surface area contributed by atoms with Crippen LogP contribution < -0.4 is 0 Å². The first-order valence-electron chi connectivity index (χ1n) is 3.39. The van der Waals surface area contributed by atoms with Gasteiger partial charge in [0.05, 0.1) is 13.2 Å². The lowest BCUT2D eigenvalue weighted by Gasteiger charge is -2.10. The van der Waals surface area contributed by atoms with Gasteiger partial charge in [0.2, 0.25) is 0 Å². The molecular formula is C6H6Br4ClO3P. The molecule has 0 aromatic rings. The van der Waals surface area contributed by atoms with Crippen LogP contribution in [-0.4, -0.2) is 13.2 Å². The van der Waals surface area contributed by atoms with Crippen molar-refractivity contribution in [2.75, 3.05) is 13.2 Å². The Hall–Kier alpha value is 1.84. The average Bonchev–Trinajstić information content (AvgIpc) is 2.22. The Balaban J connectivity index is 4.03. The Labute approximate surface area is 126 Å². The van der Waals surface area contributed by atoms with Gasteiger partial charge in [-0.25, -0.2) is 4.57 Å². The van der Waals surface area contributed by atoms with Gasteiger partial charge >= 0.3 is 6.95 Å². The quantitative estimate of drug-likeness (QED) is 0.433. The summed E-state index contributed by atoms with van der Waals surface area (Å²) in [5, 5.41) is 0. The minimum atomic E-state index is -3.54. The van der Waals surface area contributed by atoms with E-state index in [1.807, 2.05) is 0 Å². The van der Waals surface area contributed by atoms with Crippen molar-refractivity contribution < 1.29 is 13.6 Å². The minimum Gasteiger partial charge on any atom is -0.292 e. The van der Waals surface area contributed by atoms with E-state index in [1.165, 1.54) is 0 Å². The van der Waals surface area contributed by atoms with E-state index in [-0.39, 0.29) is 13.2 Å². The van der Waals surface area contributed by atoms with Gasteiger partial charge in [-0.3, -0.25) is 9.05 Å². The largest absolute Gasteiger partial charge is 0.424 e. The Kier molecular flexibility index (Phi) is 9.95. The lowest BCUT2D eigenvalue weighted by molar-refractivity contribution is 0.251. The maximum Gasteiger partial charge on any atom is 0.424 e.